The monoisotopic (exact) mass is 438 g/mol. The lowest BCUT2D eigenvalue weighted by Gasteiger charge is -2.17. The van der Waals surface area contributed by atoms with Crippen molar-refractivity contribution in [3.05, 3.63) is 72.3 Å². The fraction of sp³-hybridized carbons (Fsp3) is 0.182. The van der Waals surface area contributed by atoms with Gasteiger partial charge in [-0.1, -0.05) is 30.3 Å². The largest absolute Gasteiger partial charge is 0.480 e. The average Bonchev–Trinajstić information content (AvgIpc) is 3.32. The Morgan fingerprint density at radius 1 is 1.13 bits per heavy atom. The zero-order valence-electron chi connectivity index (χ0n) is 16.8. The molecule has 2 amide bonds. The number of carboxylic acids is 1. The van der Waals surface area contributed by atoms with E-state index in [-0.39, 0.29) is 5.91 Å². The van der Waals surface area contributed by atoms with Gasteiger partial charge in [0.1, 0.15) is 11.7 Å². The van der Waals surface area contributed by atoms with Crippen LogP contribution in [-0.4, -0.2) is 50.9 Å². The SMILES string of the molecule is CSCCC(NC(=O)c1ccc(NC(=O)c2cnc[nH]2)cc1-c1ccccc1)C(=O)O. The van der Waals surface area contributed by atoms with Crippen LogP contribution in [0.15, 0.2) is 61.1 Å². The van der Waals surface area contributed by atoms with Crippen molar-refractivity contribution in [2.24, 2.45) is 0 Å². The minimum atomic E-state index is -1.08. The summed E-state index contributed by atoms with van der Waals surface area (Å²) in [6.07, 6.45) is 5.02. The number of carboxylic acid groups (broad SMARTS) is 1. The summed E-state index contributed by atoms with van der Waals surface area (Å²) in [5, 5.41) is 14.8. The first-order valence-electron chi connectivity index (χ1n) is 9.51. The van der Waals surface area contributed by atoms with E-state index in [4.69, 9.17) is 0 Å². The van der Waals surface area contributed by atoms with Crippen LogP contribution in [0.25, 0.3) is 11.1 Å². The normalized spacial score (nSPS) is 11.5. The summed E-state index contributed by atoms with van der Waals surface area (Å²) in [6, 6.07) is 13.1. The van der Waals surface area contributed by atoms with Crippen molar-refractivity contribution in [2.75, 3.05) is 17.3 Å². The molecule has 0 spiro atoms. The van der Waals surface area contributed by atoms with Crippen LogP contribution >= 0.6 is 11.8 Å². The van der Waals surface area contributed by atoms with E-state index < -0.39 is 17.9 Å². The highest BCUT2D eigenvalue weighted by Crippen LogP contribution is 2.27. The molecule has 1 heterocycles. The third-order valence-corrected chi connectivity index (χ3v) is 5.21. The van der Waals surface area contributed by atoms with Crippen molar-refractivity contribution in [3.8, 4) is 11.1 Å². The van der Waals surface area contributed by atoms with Crippen LogP contribution in [0.4, 0.5) is 5.69 Å². The van der Waals surface area contributed by atoms with Gasteiger partial charge in [0.15, 0.2) is 0 Å². The number of nitrogens with one attached hydrogen (secondary N) is 3. The topological polar surface area (TPSA) is 124 Å². The molecule has 0 aliphatic rings. The molecule has 31 heavy (non-hydrogen) atoms. The average molecular weight is 439 g/mol. The maximum atomic E-state index is 13.0. The van der Waals surface area contributed by atoms with Gasteiger partial charge in [0.2, 0.25) is 0 Å². The van der Waals surface area contributed by atoms with Gasteiger partial charge in [0.25, 0.3) is 11.8 Å². The Morgan fingerprint density at radius 3 is 2.55 bits per heavy atom. The number of hydrogen-bond donors (Lipinski definition) is 4. The molecule has 8 nitrogen and oxygen atoms in total. The number of carbonyl (C=O) groups excluding carboxylic acids is 2. The number of aliphatic carboxylic acids is 1. The molecule has 1 atom stereocenters. The summed E-state index contributed by atoms with van der Waals surface area (Å²) in [4.78, 5) is 43.4. The minimum Gasteiger partial charge on any atom is -0.480 e. The lowest BCUT2D eigenvalue weighted by atomic mass is 9.98. The fourth-order valence-corrected chi connectivity index (χ4v) is 3.46. The molecule has 160 valence electrons. The molecular weight excluding hydrogens is 416 g/mol. The van der Waals surface area contributed by atoms with E-state index in [1.165, 1.54) is 24.3 Å². The van der Waals surface area contributed by atoms with Crippen LogP contribution in [0.3, 0.4) is 0 Å². The van der Waals surface area contributed by atoms with Gasteiger partial charge in [0, 0.05) is 11.3 Å². The van der Waals surface area contributed by atoms with Gasteiger partial charge in [-0.15, -0.1) is 0 Å². The molecular formula is C22H22N4O4S. The van der Waals surface area contributed by atoms with Gasteiger partial charge in [0.05, 0.1) is 12.5 Å². The predicted molar refractivity (Wildman–Crippen MR) is 120 cm³/mol. The Balaban J connectivity index is 1.91. The molecule has 4 N–H and O–H groups in total. The number of benzene rings is 2. The van der Waals surface area contributed by atoms with Crippen LogP contribution in [0.1, 0.15) is 27.3 Å². The van der Waals surface area contributed by atoms with Crippen molar-refractivity contribution in [2.45, 2.75) is 12.5 Å². The minimum absolute atomic E-state index is 0.307. The van der Waals surface area contributed by atoms with Crippen molar-refractivity contribution in [1.29, 1.82) is 0 Å². The number of hydrogen-bond acceptors (Lipinski definition) is 5. The Labute approximate surface area is 183 Å². The second kappa shape index (κ2) is 10.4. The smallest absolute Gasteiger partial charge is 0.326 e. The number of carbonyl (C=O) groups is 3. The van der Waals surface area contributed by atoms with Crippen LogP contribution in [0.5, 0.6) is 0 Å². The van der Waals surface area contributed by atoms with Crippen LogP contribution in [0, 0.1) is 0 Å². The van der Waals surface area contributed by atoms with Crippen LogP contribution in [0.2, 0.25) is 0 Å². The van der Waals surface area contributed by atoms with Gasteiger partial charge in [-0.05, 0) is 47.8 Å². The van der Waals surface area contributed by atoms with Gasteiger partial charge in [-0.25, -0.2) is 9.78 Å². The highest BCUT2D eigenvalue weighted by molar-refractivity contribution is 7.98. The Hall–Kier alpha value is -3.59. The lowest BCUT2D eigenvalue weighted by molar-refractivity contribution is -0.139. The number of thioether (sulfide) groups is 1. The second-order valence-corrected chi connectivity index (χ2v) is 7.68. The molecule has 0 aliphatic carbocycles. The first-order valence-corrected chi connectivity index (χ1v) is 10.9. The molecule has 0 fully saturated rings. The van der Waals surface area contributed by atoms with Crippen LogP contribution in [-0.2, 0) is 4.79 Å². The summed E-state index contributed by atoms with van der Waals surface area (Å²) < 4.78 is 0. The van der Waals surface area contributed by atoms with E-state index in [0.717, 1.165) is 5.56 Å². The molecule has 1 unspecified atom stereocenters. The third-order valence-electron chi connectivity index (χ3n) is 4.56. The number of nitrogens with zero attached hydrogens (tertiary/aromatic N) is 1. The van der Waals surface area contributed by atoms with E-state index in [9.17, 15) is 19.5 Å². The molecule has 9 heteroatoms. The van der Waals surface area contributed by atoms with Crippen LogP contribution < -0.4 is 10.6 Å². The highest BCUT2D eigenvalue weighted by Gasteiger charge is 2.22. The molecule has 3 rings (SSSR count). The number of aromatic amines is 1. The summed E-state index contributed by atoms with van der Waals surface area (Å²) in [5.41, 5.74) is 2.46. The standard InChI is InChI=1S/C22H22N4O4S/c1-31-10-9-18(22(29)30)26-20(27)16-8-7-15(25-21(28)19-12-23-13-24-19)11-17(16)14-5-3-2-4-6-14/h2-8,11-13,18H,9-10H2,1H3,(H,23,24)(H,25,28)(H,26,27)(H,29,30). The molecule has 2 aromatic carbocycles. The molecule has 0 radical (unpaired) electrons. The maximum Gasteiger partial charge on any atom is 0.326 e. The third kappa shape index (κ3) is 5.73. The summed E-state index contributed by atoms with van der Waals surface area (Å²) in [7, 11) is 0. The first-order chi connectivity index (χ1) is 15.0. The summed E-state index contributed by atoms with van der Waals surface area (Å²) in [6.45, 7) is 0. The zero-order valence-corrected chi connectivity index (χ0v) is 17.6. The van der Waals surface area contributed by atoms with Crippen molar-refractivity contribution < 1.29 is 19.5 Å². The number of imidazole rings is 1. The van der Waals surface area contributed by atoms with Gasteiger partial charge >= 0.3 is 5.97 Å². The summed E-state index contributed by atoms with van der Waals surface area (Å²) in [5.74, 6) is -1.32. The van der Waals surface area contributed by atoms with E-state index >= 15 is 0 Å². The highest BCUT2D eigenvalue weighted by atomic mass is 32.2. The first kappa shape index (κ1) is 22.1. The maximum absolute atomic E-state index is 13.0. The fourth-order valence-electron chi connectivity index (χ4n) is 2.98. The summed E-state index contributed by atoms with van der Waals surface area (Å²) >= 11 is 1.51. The quantitative estimate of drug-likeness (QED) is 0.406. The Kier molecular flexibility index (Phi) is 7.45. The van der Waals surface area contributed by atoms with Crippen molar-refractivity contribution in [3.63, 3.8) is 0 Å². The van der Waals surface area contributed by atoms with Gasteiger partial charge in [-0.2, -0.15) is 11.8 Å². The Bertz CT molecular complexity index is 1050. The number of amides is 2. The van der Waals surface area contributed by atoms with Crippen molar-refractivity contribution >= 4 is 35.2 Å². The molecule has 3 aromatic rings. The Morgan fingerprint density at radius 2 is 1.90 bits per heavy atom. The van der Waals surface area contributed by atoms with Gasteiger partial charge < -0.3 is 20.7 Å². The molecule has 0 saturated carbocycles. The van der Waals surface area contributed by atoms with E-state index in [1.807, 2.05) is 36.6 Å². The van der Waals surface area contributed by atoms with Gasteiger partial charge in [-0.3, -0.25) is 9.59 Å². The lowest BCUT2D eigenvalue weighted by Crippen LogP contribution is -2.41. The molecule has 0 aliphatic heterocycles. The number of anilines is 1. The molecule has 0 bridgehead atoms. The molecule has 0 saturated heterocycles. The van der Waals surface area contributed by atoms with E-state index in [1.54, 1.807) is 18.2 Å². The van der Waals surface area contributed by atoms with E-state index in [0.29, 0.717) is 34.7 Å². The zero-order chi connectivity index (χ0) is 22.2. The second-order valence-electron chi connectivity index (χ2n) is 6.69. The number of rotatable bonds is 9. The predicted octanol–water partition coefficient (Wildman–Crippen LogP) is 3.27. The van der Waals surface area contributed by atoms with Crippen molar-refractivity contribution in [1.82, 2.24) is 15.3 Å². The molecule has 1 aromatic heterocycles. The van der Waals surface area contributed by atoms with E-state index in [2.05, 4.69) is 20.6 Å². The number of aromatic nitrogens is 2. The number of H-pyrrole nitrogens is 1.